The van der Waals surface area contributed by atoms with Crippen molar-refractivity contribution in [2.75, 3.05) is 6.54 Å². The molecule has 0 spiro atoms. The van der Waals surface area contributed by atoms with Gasteiger partial charge in [-0.15, -0.1) is 0 Å². The molecule has 0 saturated carbocycles. The maximum Gasteiger partial charge on any atom is 0.407 e. The average Bonchev–Trinajstić information content (AvgIpc) is 2.23. The Morgan fingerprint density at radius 1 is 0.955 bits per heavy atom. The Kier molecular flexibility index (Phi) is 7.09. The average molecular weight is 314 g/mol. The van der Waals surface area contributed by atoms with Gasteiger partial charge in [0.2, 0.25) is 0 Å². The van der Waals surface area contributed by atoms with Gasteiger partial charge < -0.3 is 20.5 Å². The largest absolute Gasteiger partial charge is 0.459 e. The van der Waals surface area contributed by atoms with Crippen LogP contribution in [-0.2, 0) is 14.3 Å². The predicted molar refractivity (Wildman–Crippen MR) is 86.4 cm³/mol. The van der Waals surface area contributed by atoms with E-state index in [1.54, 1.807) is 60.6 Å². The Hall–Kier alpha value is -1.56. The zero-order valence-corrected chi connectivity index (χ0v) is 14.8. The molecule has 0 fully saturated rings. The number of carbonyl (C=O) groups excluding carboxylic acids is 2. The van der Waals surface area contributed by atoms with Gasteiger partial charge in [-0.2, -0.15) is 0 Å². The monoisotopic (exact) mass is 314 g/mol. The van der Waals surface area contributed by atoms with Crippen molar-refractivity contribution in [1.82, 2.24) is 5.32 Å². The highest BCUT2D eigenvalue weighted by Crippen LogP contribution is 2.15. The van der Waals surface area contributed by atoms with Crippen LogP contribution in [0.2, 0.25) is 0 Å². The summed E-state index contributed by atoms with van der Waals surface area (Å²) in [6, 6.07) is 0. The lowest BCUT2D eigenvalue weighted by molar-refractivity contribution is -0.160. The van der Waals surface area contributed by atoms with Gasteiger partial charge in [0.25, 0.3) is 0 Å². The summed E-state index contributed by atoms with van der Waals surface area (Å²) in [4.78, 5) is 23.4. The molecule has 0 heterocycles. The minimum Gasteiger partial charge on any atom is -0.459 e. The molecule has 6 heteroatoms. The molecule has 0 bridgehead atoms. The number of carbonyl (C=O) groups is 2. The van der Waals surface area contributed by atoms with Gasteiger partial charge in [-0.05, 0) is 54.9 Å². The first-order valence-corrected chi connectivity index (χ1v) is 7.37. The lowest BCUT2D eigenvalue weighted by Crippen LogP contribution is -2.48. The van der Waals surface area contributed by atoms with Gasteiger partial charge in [-0.1, -0.05) is 12.2 Å². The van der Waals surface area contributed by atoms with Crippen LogP contribution >= 0.6 is 0 Å². The first-order chi connectivity index (χ1) is 9.73. The number of amides is 1. The minimum absolute atomic E-state index is 0.305. The number of hydrogen-bond acceptors (Lipinski definition) is 5. The standard InChI is InChI=1S/C16H30N2O4/c1-14(2,3)21-12(19)16(7,17)10-8-9-11-18-13(20)22-15(4,5)6/h8-9H,10-11,17H2,1-7H3,(H,18,20)/b9-8+/t16-/m0/s1. The Balaban J connectivity index is 4.21. The maximum atomic E-state index is 11.9. The van der Waals surface area contributed by atoms with E-state index in [-0.39, 0.29) is 0 Å². The summed E-state index contributed by atoms with van der Waals surface area (Å²) in [6.45, 7) is 12.7. The summed E-state index contributed by atoms with van der Waals surface area (Å²) in [5, 5.41) is 2.59. The molecule has 0 aromatic rings. The van der Waals surface area contributed by atoms with E-state index in [4.69, 9.17) is 15.2 Å². The van der Waals surface area contributed by atoms with Crippen LogP contribution in [-0.4, -0.2) is 35.3 Å². The third kappa shape index (κ3) is 10.2. The molecule has 0 aromatic carbocycles. The molecule has 0 rings (SSSR count). The third-order valence-electron chi connectivity index (χ3n) is 2.34. The maximum absolute atomic E-state index is 11.9. The number of alkyl carbamates (subject to hydrolysis) is 1. The summed E-state index contributed by atoms with van der Waals surface area (Å²) in [5.74, 6) is -0.454. The molecular formula is C16H30N2O4. The van der Waals surface area contributed by atoms with E-state index in [9.17, 15) is 9.59 Å². The fourth-order valence-corrected chi connectivity index (χ4v) is 1.35. The molecule has 0 aliphatic rings. The fourth-order valence-electron chi connectivity index (χ4n) is 1.35. The van der Waals surface area contributed by atoms with E-state index in [2.05, 4.69) is 5.32 Å². The molecule has 0 aromatic heterocycles. The quantitative estimate of drug-likeness (QED) is 0.601. The second-order valence-electron chi connectivity index (χ2n) is 7.48. The lowest BCUT2D eigenvalue weighted by atomic mass is 9.99. The van der Waals surface area contributed by atoms with Gasteiger partial charge in [-0.25, -0.2) is 4.79 Å². The number of rotatable bonds is 5. The van der Waals surface area contributed by atoms with Crippen LogP contribution in [0.1, 0.15) is 54.9 Å². The Labute approximate surface area is 133 Å². The van der Waals surface area contributed by atoms with Crippen molar-refractivity contribution in [3.8, 4) is 0 Å². The molecule has 128 valence electrons. The van der Waals surface area contributed by atoms with Crippen LogP contribution in [0, 0.1) is 0 Å². The highest BCUT2D eigenvalue weighted by atomic mass is 16.6. The van der Waals surface area contributed by atoms with Crippen molar-refractivity contribution < 1.29 is 19.1 Å². The number of ether oxygens (including phenoxy) is 2. The van der Waals surface area contributed by atoms with Crippen LogP contribution < -0.4 is 11.1 Å². The number of nitrogens with two attached hydrogens (primary N) is 1. The van der Waals surface area contributed by atoms with Crippen LogP contribution in [0.3, 0.4) is 0 Å². The van der Waals surface area contributed by atoms with Crippen LogP contribution in [0.25, 0.3) is 0 Å². The Morgan fingerprint density at radius 2 is 1.45 bits per heavy atom. The van der Waals surface area contributed by atoms with Crippen LogP contribution in [0.5, 0.6) is 0 Å². The number of nitrogens with one attached hydrogen (secondary N) is 1. The topological polar surface area (TPSA) is 90.6 Å². The first-order valence-electron chi connectivity index (χ1n) is 7.37. The third-order valence-corrected chi connectivity index (χ3v) is 2.34. The molecule has 0 aliphatic carbocycles. The zero-order chi connectivity index (χ0) is 17.6. The zero-order valence-electron chi connectivity index (χ0n) is 14.8. The smallest absolute Gasteiger partial charge is 0.407 e. The van der Waals surface area contributed by atoms with E-state index >= 15 is 0 Å². The second kappa shape index (κ2) is 7.63. The molecule has 0 saturated heterocycles. The van der Waals surface area contributed by atoms with E-state index < -0.39 is 28.8 Å². The summed E-state index contributed by atoms with van der Waals surface area (Å²) in [7, 11) is 0. The Bertz CT molecular complexity index is 415. The van der Waals surface area contributed by atoms with E-state index in [1.165, 1.54) is 0 Å². The normalized spacial score (nSPS) is 15.3. The van der Waals surface area contributed by atoms with Crippen molar-refractivity contribution in [3.05, 3.63) is 12.2 Å². The number of hydrogen-bond donors (Lipinski definition) is 2. The van der Waals surface area contributed by atoms with Gasteiger partial charge in [0.15, 0.2) is 0 Å². The van der Waals surface area contributed by atoms with E-state index in [0.29, 0.717) is 13.0 Å². The second-order valence-corrected chi connectivity index (χ2v) is 7.48. The van der Waals surface area contributed by atoms with Gasteiger partial charge in [0.05, 0.1) is 0 Å². The van der Waals surface area contributed by atoms with Crippen molar-refractivity contribution >= 4 is 12.1 Å². The van der Waals surface area contributed by atoms with Gasteiger partial charge in [0.1, 0.15) is 16.7 Å². The van der Waals surface area contributed by atoms with Crippen LogP contribution in [0.4, 0.5) is 4.79 Å². The summed E-state index contributed by atoms with van der Waals surface area (Å²) >= 11 is 0. The van der Waals surface area contributed by atoms with E-state index in [1.807, 2.05) is 0 Å². The highest BCUT2D eigenvalue weighted by molar-refractivity contribution is 5.80. The van der Waals surface area contributed by atoms with Crippen molar-refractivity contribution in [2.45, 2.75) is 71.6 Å². The predicted octanol–water partition coefficient (Wildman–Crippen LogP) is 2.52. The van der Waals surface area contributed by atoms with Crippen molar-refractivity contribution in [1.29, 1.82) is 0 Å². The SMILES string of the molecule is CC(C)(C)OC(=O)NC/C=C/C[C@](C)(N)C(=O)OC(C)(C)C. The molecule has 3 N–H and O–H groups in total. The molecule has 0 unspecified atom stereocenters. The Morgan fingerprint density at radius 3 is 1.91 bits per heavy atom. The molecule has 22 heavy (non-hydrogen) atoms. The lowest BCUT2D eigenvalue weighted by Gasteiger charge is -2.27. The van der Waals surface area contributed by atoms with Crippen molar-refractivity contribution in [2.24, 2.45) is 5.73 Å². The fraction of sp³-hybridized carbons (Fsp3) is 0.750. The van der Waals surface area contributed by atoms with Gasteiger partial charge >= 0.3 is 12.1 Å². The van der Waals surface area contributed by atoms with Crippen LogP contribution in [0.15, 0.2) is 12.2 Å². The number of esters is 1. The van der Waals surface area contributed by atoms with Crippen molar-refractivity contribution in [3.63, 3.8) is 0 Å². The molecule has 0 radical (unpaired) electrons. The van der Waals surface area contributed by atoms with Gasteiger partial charge in [0, 0.05) is 6.54 Å². The summed E-state index contributed by atoms with van der Waals surface area (Å²) in [5.41, 5.74) is 3.76. The molecule has 0 aliphatic heterocycles. The molecular weight excluding hydrogens is 284 g/mol. The molecule has 1 atom stereocenters. The van der Waals surface area contributed by atoms with E-state index in [0.717, 1.165) is 0 Å². The minimum atomic E-state index is -1.10. The molecule has 6 nitrogen and oxygen atoms in total. The summed E-state index contributed by atoms with van der Waals surface area (Å²) < 4.78 is 10.4. The first kappa shape index (κ1) is 20.4. The molecule has 1 amide bonds. The van der Waals surface area contributed by atoms with Gasteiger partial charge in [-0.3, -0.25) is 4.79 Å². The summed E-state index contributed by atoms with van der Waals surface area (Å²) in [6.07, 6.45) is 3.29. The highest BCUT2D eigenvalue weighted by Gasteiger charge is 2.31.